The molecular weight excluding hydrogens is 194 g/mol. The third kappa shape index (κ3) is 5.05. The predicted octanol–water partition coefficient (Wildman–Crippen LogP) is 0.796. The van der Waals surface area contributed by atoms with Gasteiger partial charge in [0.2, 0.25) is 0 Å². The monoisotopic (exact) mass is 200 g/mol. The summed E-state index contributed by atoms with van der Waals surface area (Å²) in [7, 11) is 5.25. The summed E-state index contributed by atoms with van der Waals surface area (Å²) in [6.07, 6.45) is 0. The summed E-state index contributed by atoms with van der Waals surface area (Å²) < 4.78 is 4.77. The van der Waals surface area contributed by atoms with E-state index >= 15 is 0 Å². The van der Waals surface area contributed by atoms with Gasteiger partial charge in [-0.1, -0.05) is 0 Å². The average Bonchev–Trinajstić information content (AvgIpc) is 1.41. The zero-order valence-electron chi connectivity index (χ0n) is 2.99. The Morgan fingerprint density at radius 3 is 2.60 bits per heavy atom. The molecule has 0 N–H and O–H groups in total. The molecule has 0 aliphatic carbocycles. The number of hydrogen-bond donors (Lipinski definition) is 0. The number of halogens is 1. The van der Waals surface area contributed by atoms with Gasteiger partial charge in [0.25, 0.3) is 0 Å². The van der Waals surface area contributed by atoms with Crippen LogP contribution in [0.3, 0.4) is 0 Å². The normalized spacial score (nSPS) is 8.40. The van der Waals surface area contributed by atoms with Gasteiger partial charge in [-0.25, -0.2) is 0 Å². The van der Waals surface area contributed by atoms with Crippen molar-refractivity contribution in [1.29, 1.82) is 0 Å². The molecule has 0 rings (SSSR count). The average molecular weight is 199 g/mol. The van der Waals surface area contributed by atoms with Crippen LogP contribution in [-0.4, -0.2) is 27.0 Å². The molecule has 0 saturated carbocycles. The van der Waals surface area contributed by atoms with E-state index < -0.39 is 20.4 Å². The van der Waals surface area contributed by atoms with Crippen molar-refractivity contribution in [2.75, 3.05) is 6.61 Å². The quantitative estimate of drug-likeness (QED) is 0.598. The molecule has 0 bridgehead atoms. The molecule has 0 aromatic rings. The van der Waals surface area contributed by atoms with Crippen molar-refractivity contribution >= 4 is 29.4 Å². The second-order valence-corrected chi connectivity index (χ2v) is 2.81. The van der Waals surface area contributed by atoms with Crippen LogP contribution in [0.15, 0.2) is 0 Å². The molecule has 0 saturated heterocycles. The van der Waals surface area contributed by atoms with Crippen molar-refractivity contribution in [1.82, 2.24) is 0 Å². The second kappa shape index (κ2) is 5.05. The summed E-state index contributed by atoms with van der Waals surface area (Å²) in [5, 5.41) is 0. The van der Waals surface area contributed by atoms with E-state index in [1.54, 1.807) is 0 Å². The predicted molar refractivity (Wildman–Crippen MR) is 23.2 cm³/mol. The Hall–Kier alpha value is 1.05. The van der Waals surface area contributed by atoms with E-state index in [4.69, 9.17) is 12.0 Å². The van der Waals surface area contributed by atoms with Crippen LogP contribution in [0.2, 0.25) is 0 Å². The molecule has 0 spiro atoms. The fourth-order valence-corrected chi connectivity index (χ4v) is 1.10. The van der Waals surface area contributed by atoms with Crippen molar-refractivity contribution in [3.05, 3.63) is 0 Å². The fourth-order valence-electron chi connectivity index (χ4n) is 0.0546. The second-order valence-electron chi connectivity index (χ2n) is 0.510. The van der Waals surface area contributed by atoms with Gasteiger partial charge >= 0.3 is 46.0 Å². The van der Waals surface area contributed by atoms with Crippen molar-refractivity contribution in [2.45, 2.75) is 6.92 Å². The molecule has 0 atom stereocenters. The summed E-state index contributed by atoms with van der Waals surface area (Å²) >= 11 is -0.822. The van der Waals surface area contributed by atoms with Gasteiger partial charge in [-0.2, -0.15) is 0 Å². The molecule has 0 fully saturated rings. The first-order valence-electron chi connectivity index (χ1n) is 1.39. The van der Waals surface area contributed by atoms with Gasteiger partial charge in [-0.05, 0) is 0 Å². The van der Waals surface area contributed by atoms with Gasteiger partial charge < -0.3 is 0 Å². The summed E-state index contributed by atoms with van der Waals surface area (Å²) in [6.45, 7) is 2.74. The molecule has 0 aromatic heterocycles. The summed E-state index contributed by atoms with van der Waals surface area (Å²) in [5.41, 5.74) is 0. The molecule has 0 heterocycles. The van der Waals surface area contributed by atoms with Gasteiger partial charge in [0.1, 0.15) is 0 Å². The van der Waals surface area contributed by atoms with Crippen LogP contribution >= 0.6 is 8.92 Å². The first kappa shape index (κ1) is 6.05. The molecule has 2 radical (unpaired) electrons. The Bertz CT molecular complexity index is 17.1. The van der Waals surface area contributed by atoms with E-state index in [2.05, 4.69) is 0 Å². The Labute approximate surface area is 46.1 Å². The van der Waals surface area contributed by atoms with Crippen LogP contribution < -0.4 is 0 Å². The van der Waals surface area contributed by atoms with Crippen LogP contribution in [0, 0.1) is 0 Å². The SMILES string of the molecule is CC[O][Sn][Cl]. The molecular formula is C2H5ClOSn. The van der Waals surface area contributed by atoms with E-state index in [0.717, 1.165) is 6.61 Å². The first-order chi connectivity index (χ1) is 2.41. The standard InChI is InChI=1S/C2H5O.ClH.Sn/c1-2-3;;/h2H2,1H3;1H;/q-1;;+2/p-1. The number of rotatable bonds is 2. The fraction of sp³-hybridized carbons (Fsp3) is 1.00. The van der Waals surface area contributed by atoms with Crippen LogP contribution in [-0.2, 0) is 3.07 Å². The van der Waals surface area contributed by atoms with Gasteiger partial charge in [-0.3, -0.25) is 0 Å². The van der Waals surface area contributed by atoms with Crippen LogP contribution in [0.25, 0.3) is 0 Å². The van der Waals surface area contributed by atoms with Crippen LogP contribution in [0.1, 0.15) is 6.92 Å². The summed E-state index contributed by atoms with van der Waals surface area (Å²) in [5.74, 6) is 0. The molecule has 0 aliphatic heterocycles. The third-order valence-corrected chi connectivity index (χ3v) is 2.07. The first-order valence-corrected chi connectivity index (χ1v) is 6.17. The maximum absolute atomic E-state index is 5.25. The maximum atomic E-state index is 5.25. The van der Waals surface area contributed by atoms with Gasteiger partial charge in [-0.15, -0.1) is 0 Å². The van der Waals surface area contributed by atoms with Crippen molar-refractivity contribution in [3.63, 3.8) is 0 Å². The third-order valence-electron chi connectivity index (χ3n) is 0.199. The van der Waals surface area contributed by atoms with Gasteiger partial charge in [0, 0.05) is 0 Å². The number of hydrogen-bond acceptors (Lipinski definition) is 1. The van der Waals surface area contributed by atoms with Gasteiger partial charge in [0.15, 0.2) is 0 Å². The zero-order valence-corrected chi connectivity index (χ0v) is 6.60. The van der Waals surface area contributed by atoms with Crippen molar-refractivity contribution in [2.24, 2.45) is 0 Å². The Kier molecular flexibility index (Phi) is 6.11. The molecule has 30 valence electrons. The molecule has 0 amide bonds. The van der Waals surface area contributed by atoms with Crippen LogP contribution in [0.5, 0.6) is 0 Å². The molecule has 0 aliphatic rings. The minimum atomic E-state index is -0.822. The molecule has 0 unspecified atom stereocenters. The Morgan fingerprint density at radius 2 is 2.60 bits per heavy atom. The summed E-state index contributed by atoms with van der Waals surface area (Å²) in [6, 6.07) is 0. The van der Waals surface area contributed by atoms with Crippen molar-refractivity contribution in [3.8, 4) is 0 Å². The molecule has 1 nitrogen and oxygen atoms in total. The zero-order chi connectivity index (χ0) is 4.12. The van der Waals surface area contributed by atoms with Gasteiger partial charge in [0.05, 0.1) is 0 Å². The molecule has 3 heteroatoms. The van der Waals surface area contributed by atoms with Crippen LogP contribution in [0.4, 0.5) is 0 Å². The van der Waals surface area contributed by atoms with E-state index in [1.807, 2.05) is 6.92 Å². The molecule has 0 aromatic carbocycles. The minimum absolute atomic E-state index is 0.787. The van der Waals surface area contributed by atoms with E-state index in [0.29, 0.717) is 0 Å². The Morgan fingerprint density at radius 1 is 2.00 bits per heavy atom. The van der Waals surface area contributed by atoms with E-state index in [-0.39, 0.29) is 0 Å². The Balaban J connectivity index is 2.19. The topological polar surface area (TPSA) is 9.23 Å². The van der Waals surface area contributed by atoms with E-state index in [1.165, 1.54) is 0 Å². The molecule has 5 heavy (non-hydrogen) atoms. The van der Waals surface area contributed by atoms with E-state index in [9.17, 15) is 0 Å². The summed E-state index contributed by atoms with van der Waals surface area (Å²) in [4.78, 5) is 0. The van der Waals surface area contributed by atoms with Crippen molar-refractivity contribution < 1.29 is 3.07 Å².